The van der Waals surface area contributed by atoms with Crippen LogP contribution in [0.5, 0.6) is 5.75 Å². The third-order valence-corrected chi connectivity index (χ3v) is 2.58. The summed E-state index contributed by atoms with van der Waals surface area (Å²) in [7, 11) is 4.32. The van der Waals surface area contributed by atoms with Gasteiger partial charge in [0.1, 0.15) is 0 Å². The number of ether oxygens (including phenoxy) is 1. The van der Waals surface area contributed by atoms with Crippen LogP contribution in [0.3, 0.4) is 0 Å². The van der Waals surface area contributed by atoms with Gasteiger partial charge in [-0.1, -0.05) is 23.2 Å². The third-order valence-electron chi connectivity index (χ3n) is 2.01. The van der Waals surface area contributed by atoms with E-state index >= 15 is 0 Å². The van der Waals surface area contributed by atoms with E-state index in [1.807, 2.05) is 0 Å². The van der Waals surface area contributed by atoms with Crippen LogP contribution in [0.25, 0.3) is 0 Å². The van der Waals surface area contributed by atoms with E-state index < -0.39 is 6.03 Å². The highest BCUT2D eigenvalue weighted by atomic mass is 35.5. The lowest BCUT2D eigenvalue weighted by Gasteiger charge is -2.15. The van der Waals surface area contributed by atoms with Gasteiger partial charge < -0.3 is 10.1 Å². The third kappa shape index (κ3) is 3.39. The maximum absolute atomic E-state index is 11.5. The number of urea groups is 1. The molecule has 0 bridgehead atoms. The molecule has 1 N–H and O–H groups in total. The lowest BCUT2D eigenvalue weighted by molar-refractivity contribution is -0.0598. The number of hydroxylamine groups is 2. The molecule has 0 atom stereocenters. The van der Waals surface area contributed by atoms with Gasteiger partial charge in [-0.05, 0) is 12.1 Å². The van der Waals surface area contributed by atoms with Gasteiger partial charge >= 0.3 is 6.03 Å². The molecular weight excluding hydrogens is 267 g/mol. The molecular formula is C10H12Cl2N2O3. The van der Waals surface area contributed by atoms with Crippen molar-refractivity contribution in [1.29, 1.82) is 0 Å². The van der Waals surface area contributed by atoms with Crippen molar-refractivity contribution in [2.24, 2.45) is 0 Å². The molecule has 94 valence electrons. The van der Waals surface area contributed by atoms with Gasteiger partial charge in [-0.15, -0.1) is 0 Å². The van der Waals surface area contributed by atoms with Crippen molar-refractivity contribution >= 4 is 34.9 Å². The van der Waals surface area contributed by atoms with Crippen molar-refractivity contribution in [3.63, 3.8) is 0 Å². The molecule has 0 radical (unpaired) electrons. The summed E-state index contributed by atoms with van der Waals surface area (Å²) < 4.78 is 4.99. The zero-order chi connectivity index (χ0) is 13.0. The Bertz CT molecular complexity index is 403. The van der Waals surface area contributed by atoms with Gasteiger partial charge in [0.05, 0.1) is 24.3 Å². The van der Waals surface area contributed by atoms with Gasteiger partial charge in [0.25, 0.3) is 0 Å². The monoisotopic (exact) mass is 278 g/mol. The maximum atomic E-state index is 11.5. The van der Waals surface area contributed by atoms with Crippen LogP contribution < -0.4 is 10.1 Å². The Balaban J connectivity index is 2.90. The summed E-state index contributed by atoms with van der Waals surface area (Å²) in [5, 5.41) is 4.23. The van der Waals surface area contributed by atoms with Crippen LogP contribution in [-0.2, 0) is 4.84 Å². The Morgan fingerprint density at radius 2 is 1.82 bits per heavy atom. The van der Waals surface area contributed by atoms with Crippen LogP contribution in [0, 0.1) is 0 Å². The van der Waals surface area contributed by atoms with Gasteiger partial charge in [0, 0.05) is 12.7 Å². The molecule has 0 spiro atoms. The molecule has 0 aromatic heterocycles. The smallest absolute Gasteiger partial charge is 0.345 e. The first-order valence-corrected chi connectivity index (χ1v) is 5.37. The van der Waals surface area contributed by atoms with Gasteiger partial charge in [-0.3, -0.25) is 4.84 Å². The second-order valence-corrected chi connectivity index (χ2v) is 3.90. The highest BCUT2D eigenvalue weighted by molar-refractivity contribution is 6.37. The van der Waals surface area contributed by atoms with Crippen molar-refractivity contribution in [1.82, 2.24) is 5.06 Å². The molecule has 0 aliphatic rings. The summed E-state index contributed by atoms with van der Waals surface area (Å²) in [6.07, 6.45) is 0. The summed E-state index contributed by atoms with van der Waals surface area (Å²) >= 11 is 11.9. The van der Waals surface area contributed by atoms with Crippen molar-refractivity contribution in [2.45, 2.75) is 0 Å². The van der Waals surface area contributed by atoms with E-state index in [0.717, 1.165) is 5.06 Å². The first-order valence-electron chi connectivity index (χ1n) is 4.61. The zero-order valence-electron chi connectivity index (χ0n) is 9.58. The molecule has 5 nitrogen and oxygen atoms in total. The van der Waals surface area contributed by atoms with Crippen LogP contribution >= 0.6 is 23.2 Å². The van der Waals surface area contributed by atoms with E-state index in [1.54, 1.807) is 0 Å². The van der Waals surface area contributed by atoms with Crippen molar-refractivity contribution in [3.05, 3.63) is 22.2 Å². The minimum absolute atomic E-state index is 0.315. The van der Waals surface area contributed by atoms with Crippen molar-refractivity contribution in [2.75, 3.05) is 26.6 Å². The molecule has 1 aromatic carbocycles. The normalized spacial score (nSPS) is 9.94. The second-order valence-electron chi connectivity index (χ2n) is 3.08. The zero-order valence-corrected chi connectivity index (χ0v) is 11.1. The number of hydrogen-bond donors (Lipinski definition) is 1. The number of halogens is 2. The summed E-state index contributed by atoms with van der Waals surface area (Å²) in [6, 6.07) is 2.63. The number of rotatable bonds is 3. The molecule has 1 aromatic rings. The molecule has 0 saturated heterocycles. The SMILES string of the molecule is COc1c(Cl)cc(NC(=O)N(C)OC)cc1Cl. The molecule has 0 saturated carbocycles. The number of amides is 2. The van der Waals surface area contributed by atoms with Gasteiger partial charge in [-0.2, -0.15) is 0 Å². The quantitative estimate of drug-likeness (QED) is 0.865. The number of benzene rings is 1. The number of hydrogen-bond acceptors (Lipinski definition) is 3. The van der Waals surface area contributed by atoms with Crippen LogP contribution in [0.1, 0.15) is 0 Å². The van der Waals surface area contributed by atoms with E-state index in [0.29, 0.717) is 21.5 Å². The van der Waals surface area contributed by atoms with Crippen molar-refractivity contribution in [3.8, 4) is 5.75 Å². The minimum Gasteiger partial charge on any atom is -0.494 e. The average molecular weight is 279 g/mol. The summed E-state index contributed by atoms with van der Waals surface area (Å²) in [6.45, 7) is 0. The Labute approximate surface area is 109 Å². The number of carbonyl (C=O) groups excluding carboxylic acids is 1. The molecule has 0 heterocycles. The van der Waals surface area contributed by atoms with E-state index in [-0.39, 0.29) is 0 Å². The maximum Gasteiger partial charge on any atom is 0.345 e. The fraction of sp³-hybridized carbons (Fsp3) is 0.300. The largest absolute Gasteiger partial charge is 0.494 e. The molecule has 1 rings (SSSR count). The van der Waals surface area contributed by atoms with Crippen LogP contribution in [-0.4, -0.2) is 32.4 Å². The standard InChI is InChI=1S/C10H12Cl2N2O3/c1-14(17-3)10(15)13-6-4-7(11)9(16-2)8(12)5-6/h4-5H,1-3H3,(H,13,15). The summed E-state index contributed by atoms with van der Waals surface area (Å²) in [5.74, 6) is 0.367. The van der Waals surface area contributed by atoms with Crippen LogP contribution in [0.4, 0.5) is 10.5 Å². The second kappa shape index (κ2) is 5.95. The number of nitrogens with zero attached hydrogens (tertiary/aromatic N) is 1. The van der Waals surface area contributed by atoms with E-state index in [1.165, 1.54) is 33.4 Å². The highest BCUT2D eigenvalue weighted by Crippen LogP contribution is 2.35. The highest BCUT2D eigenvalue weighted by Gasteiger charge is 2.12. The molecule has 7 heteroatoms. The molecule has 0 unspecified atom stereocenters. The Hall–Kier alpha value is -1.17. The Kier molecular flexibility index (Phi) is 4.86. The summed E-state index contributed by atoms with van der Waals surface area (Å²) in [5.41, 5.74) is 0.453. The lowest BCUT2D eigenvalue weighted by Crippen LogP contribution is -2.30. The number of anilines is 1. The first kappa shape index (κ1) is 13.9. The fourth-order valence-electron chi connectivity index (χ4n) is 1.11. The van der Waals surface area contributed by atoms with Gasteiger partial charge in [0.2, 0.25) is 0 Å². The number of methoxy groups -OCH3 is 1. The lowest BCUT2D eigenvalue weighted by atomic mass is 10.3. The van der Waals surface area contributed by atoms with E-state index in [4.69, 9.17) is 32.8 Å². The molecule has 17 heavy (non-hydrogen) atoms. The summed E-state index contributed by atoms with van der Waals surface area (Å²) in [4.78, 5) is 16.2. The number of nitrogens with one attached hydrogen (secondary N) is 1. The molecule has 2 amide bonds. The Morgan fingerprint density at radius 1 is 1.29 bits per heavy atom. The van der Waals surface area contributed by atoms with Crippen LogP contribution in [0.15, 0.2) is 12.1 Å². The fourth-order valence-corrected chi connectivity index (χ4v) is 1.75. The number of carbonyl (C=O) groups is 1. The molecule has 0 fully saturated rings. The predicted octanol–water partition coefficient (Wildman–Crippen LogP) is 3.03. The molecule has 0 aliphatic carbocycles. The van der Waals surface area contributed by atoms with Crippen molar-refractivity contribution < 1.29 is 14.4 Å². The van der Waals surface area contributed by atoms with Gasteiger partial charge in [0.15, 0.2) is 5.75 Å². The average Bonchev–Trinajstić information content (AvgIpc) is 2.27. The van der Waals surface area contributed by atoms with E-state index in [9.17, 15) is 4.79 Å². The van der Waals surface area contributed by atoms with Gasteiger partial charge in [-0.25, -0.2) is 9.86 Å². The van der Waals surface area contributed by atoms with Crippen LogP contribution in [0.2, 0.25) is 10.0 Å². The minimum atomic E-state index is -0.440. The molecule has 0 aliphatic heterocycles. The topological polar surface area (TPSA) is 50.8 Å². The first-order chi connectivity index (χ1) is 7.99. The Morgan fingerprint density at radius 3 is 2.24 bits per heavy atom. The van der Waals surface area contributed by atoms with E-state index in [2.05, 4.69) is 5.32 Å². The predicted molar refractivity (Wildman–Crippen MR) is 66.8 cm³/mol.